The number of carbonyl (C=O) groups excluding carboxylic acids is 1. The van der Waals surface area contributed by atoms with Gasteiger partial charge < -0.3 is 9.69 Å². The van der Waals surface area contributed by atoms with Gasteiger partial charge in [-0.1, -0.05) is 13.8 Å². The van der Waals surface area contributed by atoms with Gasteiger partial charge in [-0.2, -0.15) is 0 Å². The molecule has 0 N–H and O–H groups in total. The van der Waals surface area contributed by atoms with E-state index >= 15 is 0 Å². The normalized spacial score (nSPS) is 11.3. The quantitative estimate of drug-likeness (QED) is 0.708. The topological polar surface area (TPSA) is 20.3 Å². The lowest BCUT2D eigenvalue weighted by molar-refractivity contribution is -0.116. The molecular formula is C14H20FNO. The first-order valence-electron chi connectivity index (χ1n) is 6.00. The van der Waals surface area contributed by atoms with E-state index in [1.807, 2.05) is 25.8 Å². The fourth-order valence-electron chi connectivity index (χ4n) is 1.94. The van der Waals surface area contributed by atoms with Gasteiger partial charge in [-0.3, -0.25) is 0 Å². The number of rotatable bonds is 6. The second-order valence-corrected chi connectivity index (χ2v) is 4.52. The molecule has 0 bridgehead atoms. The highest BCUT2D eigenvalue weighted by Gasteiger charge is 2.27. The maximum absolute atomic E-state index is 12.8. The molecule has 0 fully saturated rings. The maximum Gasteiger partial charge on any atom is 0.127 e. The van der Waals surface area contributed by atoms with Crippen molar-refractivity contribution in [2.75, 3.05) is 18.5 Å². The van der Waals surface area contributed by atoms with Crippen LogP contribution in [0.2, 0.25) is 0 Å². The SMILES string of the molecule is CCC(C=O)(CC)CN(C)c1ccc(F)cc1. The van der Waals surface area contributed by atoms with E-state index in [2.05, 4.69) is 0 Å². The van der Waals surface area contributed by atoms with E-state index in [-0.39, 0.29) is 11.2 Å². The molecule has 0 amide bonds. The average Bonchev–Trinajstić information content (AvgIpc) is 2.37. The summed E-state index contributed by atoms with van der Waals surface area (Å²) in [6, 6.07) is 6.34. The molecule has 0 unspecified atom stereocenters. The molecule has 0 heterocycles. The summed E-state index contributed by atoms with van der Waals surface area (Å²) < 4.78 is 12.8. The van der Waals surface area contributed by atoms with E-state index in [9.17, 15) is 9.18 Å². The maximum atomic E-state index is 12.8. The molecule has 0 aliphatic rings. The van der Waals surface area contributed by atoms with Gasteiger partial charge in [0.2, 0.25) is 0 Å². The van der Waals surface area contributed by atoms with E-state index in [4.69, 9.17) is 0 Å². The third-order valence-corrected chi connectivity index (χ3v) is 3.48. The monoisotopic (exact) mass is 237 g/mol. The van der Waals surface area contributed by atoms with Crippen LogP contribution in [0.25, 0.3) is 0 Å². The minimum absolute atomic E-state index is 0.241. The summed E-state index contributed by atoms with van der Waals surface area (Å²) in [6.07, 6.45) is 2.68. The Morgan fingerprint density at radius 3 is 2.18 bits per heavy atom. The molecule has 0 spiro atoms. The highest BCUT2D eigenvalue weighted by Crippen LogP contribution is 2.26. The summed E-state index contributed by atoms with van der Waals surface area (Å²) in [4.78, 5) is 13.2. The minimum Gasteiger partial charge on any atom is -0.374 e. The summed E-state index contributed by atoms with van der Waals surface area (Å²) in [6.45, 7) is 4.71. The summed E-state index contributed by atoms with van der Waals surface area (Å²) in [5.41, 5.74) is 0.628. The van der Waals surface area contributed by atoms with E-state index < -0.39 is 0 Å². The second-order valence-electron chi connectivity index (χ2n) is 4.52. The molecule has 0 aromatic heterocycles. The molecule has 0 atom stereocenters. The summed E-state index contributed by atoms with van der Waals surface area (Å²) in [5.74, 6) is -0.241. The van der Waals surface area contributed by atoms with Crippen molar-refractivity contribution in [3.05, 3.63) is 30.1 Å². The Bertz CT molecular complexity index is 357. The van der Waals surface area contributed by atoms with Crippen molar-refractivity contribution >= 4 is 12.0 Å². The molecule has 2 nitrogen and oxygen atoms in total. The molecule has 1 aromatic rings. The summed E-state index contributed by atoms with van der Waals surface area (Å²) in [5, 5.41) is 0. The lowest BCUT2D eigenvalue weighted by Crippen LogP contribution is -2.36. The predicted molar refractivity (Wildman–Crippen MR) is 68.7 cm³/mol. The Hall–Kier alpha value is -1.38. The van der Waals surface area contributed by atoms with Crippen molar-refractivity contribution < 1.29 is 9.18 Å². The Labute approximate surface area is 102 Å². The van der Waals surface area contributed by atoms with Gasteiger partial charge in [0.05, 0.1) is 0 Å². The Balaban J connectivity index is 2.80. The Morgan fingerprint density at radius 1 is 1.24 bits per heavy atom. The first-order chi connectivity index (χ1) is 8.06. The van der Waals surface area contributed by atoms with Crippen LogP contribution in [-0.4, -0.2) is 19.9 Å². The van der Waals surface area contributed by atoms with Crippen LogP contribution in [0.5, 0.6) is 0 Å². The number of halogens is 1. The molecule has 0 radical (unpaired) electrons. The zero-order valence-corrected chi connectivity index (χ0v) is 10.7. The molecule has 3 heteroatoms. The first kappa shape index (κ1) is 13.7. The summed E-state index contributed by atoms with van der Waals surface area (Å²) in [7, 11) is 1.93. The fourth-order valence-corrected chi connectivity index (χ4v) is 1.94. The van der Waals surface area contributed by atoms with Gasteiger partial charge in [0, 0.05) is 24.7 Å². The van der Waals surface area contributed by atoms with Gasteiger partial charge in [-0.25, -0.2) is 4.39 Å². The van der Waals surface area contributed by atoms with Crippen molar-refractivity contribution in [2.24, 2.45) is 5.41 Å². The lowest BCUT2D eigenvalue weighted by Gasteiger charge is -2.31. The predicted octanol–water partition coefficient (Wildman–Crippen LogP) is 3.27. The number of carbonyl (C=O) groups is 1. The highest BCUT2D eigenvalue weighted by atomic mass is 19.1. The zero-order chi connectivity index (χ0) is 12.9. The molecule has 1 rings (SSSR count). The number of benzene rings is 1. The van der Waals surface area contributed by atoms with Crippen LogP contribution in [0.15, 0.2) is 24.3 Å². The van der Waals surface area contributed by atoms with Crippen molar-refractivity contribution in [2.45, 2.75) is 26.7 Å². The van der Waals surface area contributed by atoms with Crippen LogP contribution in [-0.2, 0) is 4.79 Å². The van der Waals surface area contributed by atoms with Gasteiger partial charge in [-0.05, 0) is 37.1 Å². The van der Waals surface area contributed by atoms with Gasteiger partial charge >= 0.3 is 0 Å². The number of hydrogen-bond acceptors (Lipinski definition) is 2. The molecule has 17 heavy (non-hydrogen) atoms. The van der Waals surface area contributed by atoms with Crippen LogP contribution in [0.4, 0.5) is 10.1 Å². The van der Waals surface area contributed by atoms with Gasteiger partial charge in [-0.15, -0.1) is 0 Å². The Kier molecular flexibility index (Phi) is 4.67. The van der Waals surface area contributed by atoms with Crippen molar-refractivity contribution in [1.29, 1.82) is 0 Å². The van der Waals surface area contributed by atoms with Crippen LogP contribution in [0, 0.1) is 11.2 Å². The molecule has 0 saturated heterocycles. The van der Waals surface area contributed by atoms with E-state index in [1.54, 1.807) is 12.1 Å². The molecular weight excluding hydrogens is 217 g/mol. The van der Waals surface area contributed by atoms with E-state index in [0.29, 0.717) is 6.54 Å². The number of anilines is 1. The molecule has 0 aliphatic heterocycles. The van der Waals surface area contributed by atoms with E-state index in [0.717, 1.165) is 24.8 Å². The van der Waals surface area contributed by atoms with Crippen LogP contribution in [0.1, 0.15) is 26.7 Å². The van der Waals surface area contributed by atoms with Gasteiger partial charge in [0.15, 0.2) is 0 Å². The van der Waals surface area contributed by atoms with Crippen LogP contribution in [0.3, 0.4) is 0 Å². The highest BCUT2D eigenvalue weighted by molar-refractivity contribution is 5.61. The second kappa shape index (κ2) is 5.80. The number of hydrogen-bond donors (Lipinski definition) is 0. The van der Waals surface area contributed by atoms with Gasteiger partial charge in [0.1, 0.15) is 12.1 Å². The molecule has 0 aliphatic carbocycles. The Morgan fingerprint density at radius 2 is 1.76 bits per heavy atom. The van der Waals surface area contributed by atoms with Gasteiger partial charge in [0.25, 0.3) is 0 Å². The molecule has 94 valence electrons. The standard InChI is InChI=1S/C14H20FNO/c1-4-14(5-2,11-17)10-16(3)13-8-6-12(15)7-9-13/h6-9,11H,4-5,10H2,1-3H3. The average molecular weight is 237 g/mol. The third kappa shape index (κ3) is 3.29. The van der Waals surface area contributed by atoms with Crippen molar-refractivity contribution in [3.8, 4) is 0 Å². The molecule has 1 aromatic carbocycles. The zero-order valence-electron chi connectivity index (χ0n) is 10.7. The summed E-state index contributed by atoms with van der Waals surface area (Å²) >= 11 is 0. The number of nitrogens with zero attached hydrogens (tertiary/aromatic N) is 1. The van der Waals surface area contributed by atoms with Crippen molar-refractivity contribution in [1.82, 2.24) is 0 Å². The minimum atomic E-state index is -0.302. The van der Waals surface area contributed by atoms with E-state index in [1.165, 1.54) is 12.1 Å². The van der Waals surface area contributed by atoms with Crippen LogP contribution < -0.4 is 4.90 Å². The van der Waals surface area contributed by atoms with Crippen molar-refractivity contribution in [3.63, 3.8) is 0 Å². The smallest absolute Gasteiger partial charge is 0.127 e. The molecule has 0 saturated carbocycles. The number of aldehydes is 1. The largest absolute Gasteiger partial charge is 0.374 e. The first-order valence-corrected chi connectivity index (χ1v) is 6.00. The van der Waals surface area contributed by atoms with Crippen LogP contribution >= 0.6 is 0 Å². The lowest BCUT2D eigenvalue weighted by atomic mass is 9.83. The third-order valence-electron chi connectivity index (χ3n) is 3.48. The fraction of sp³-hybridized carbons (Fsp3) is 0.500.